The van der Waals surface area contributed by atoms with E-state index < -0.39 is 0 Å². The van der Waals surface area contributed by atoms with Crippen LogP contribution >= 0.6 is 0 Å². The van der Waals surface area contributed by atoms with Gasteiger partial charge in [0.2, 0.25) is 0 Å². The van der Waals surface area contributed by atoms with Crippen LogP contribution in [0.15, 0.2) is 42.5 Å². The summed E-state index contributed by atoms with van der Waals surface area (Å²) in [5, 5.41) is 19.5. The van der Waals surface area contributed by atoms with Crippen LogP contribution in [0, 0.1) is 0 Å². The van der Waals surface area contributed by atoms with Crippen LogP contribution in [-0.4, -0.2) is 17.3 Å². The molecule has 16 heavy (non-hydrogen) atoms. The summed E-state index contributed by atoms with van der Waals surface area (Å²) >= 11 is 0. The highest BCUT2D eigenvalue weighted by atomic mass is 16.5. The third-order valence-electron chi connectivity index (χ3n) is 2.38. The van der Waals surface area contributed by atoms with Gasteiger partial charge in [0, 0.05) is 0 Å². The van der Waals surface area contributed by atoms with Crippen LogP contribution in [0.2, 0.25) is 0 Å². The third kappa shape index (κ3) is 1.67. The van der Waals surface area contributed by atoms with E-state index in [9.17, 15) is 10.2 Å². The van der Waals surface area contributed by atoms with E-state index in [2.05, 4.69) is 0 Å². The predicted octanol–water partition coefficient (Wildman–Crippen LogP) is 2.77. The van der Waals surface area contributed by atoms with Crippen molar-refractivity contribution in [2.75, 3.05) is 7.11 Å². The van der Waals surface area contributed by atoms with Gasteiger partial charge in [-0.25, -0.2) is 0 Å². The van der Waals surface area contributed by atoms with Crippen molar-refractivity contribution in [3.05, 3.63) is 42.5 Å². The number of aromatic hydroxyl groups is 2. The number of benzene rings is 2. The Kier molecular flexibility index (Phi) is 2.68. The minimum Gasteiger partial charge on any atom is -0.507 e. The zero-order valence-corrected chi connectivity index (χ0v) is 8.84. The quantitative estimate of drug-likeness (QED) is 0.759. The topological polar surface area (TPSA) is 49.7 Å². The molecule has 0 bridgehead atoms. The molecule has 0 saturated carbocycles. The summed E-state index contributed by atoms with van der Waals surface area (Å²) < 4.78 is 5.10. The smallest absolute Gasteiger partial charge is 0.172 e. The van der Waals surface area contributed by atoms with Gasteiger partial charge in [-0.2, -0.15) is 0 Å². The molecule has 0 aliphatic heterocycles. The van der Waals surface area contributed by atoms with Crippen LogP contribution in [0.4, 0.5) is 0 Å². The van der Waals surface area contributed by atoms with Gasteiger partial charge in [-0.3, -0.25) is 0 Å². The van der Waals surface area contributed by atoms with E-state index in [-0.39, 0.29) is 17.2 Å². The monoisotopic (exact) mass is 216 g/mol. The van der Waals surface area contributed by atoms with Gasteiger partial charge in [0.25, 0.3) is 0 Å². The molecule has 0 saturated heterocycles. The van der Waals surface area contributed by atoms with Gasteiger partial charge < -0.3 is 14.9 Å². The summed E-state index contributed by atoms with van der Waals surface area (Å²) in [5.41, 5.74) is 1.30. The maximum Gasteiger partial charge on any atom is 0.172 e. The molecule has 0 fully saturated rings. The first-order valence-corrected chi connectivity index (χ1v) is 4.88. The first kappa shape index (κ1) is 10.4. The van der Waals surface area contributed by atoms with Crippen LogP contribution in [0.5, 0.6) is 17.2 Å². The average molecular weight is 216 g/mol. The molecule has 2 N–H and O–H groups in total. The molecule has 2 aromatic rings. The molecule has 0 aliphatic rings. The number of ether oxygens (including phenoxy) is 1. The minimum absolute atomic E-state index is 0.0131. The number of hydrogen-bond acceptors (Lipinski definition) is 3. The van der Waals surface area contributed by atoms with Crippen LogP contribution in [0.1, 0.15) is 0 Å². The molecule has 82 valence electrons. The second kappa shape index (κ2) is 4.14. The Balaban J connectivity index is 2.68. The molecule has 2 aromatic carbocycles. The Morgan fingerprint density at radius 3 is 2.12 bits per heavy atom. The number of methoxy groups -OCH3 is 1. The van der Waals surface area contributed by atoms with E-state index in [4.69, 9.17) is 4.74 Å². The second-order valence-electron chi connectivity index (χ2n) is 3.38. The molecule has 0 spiro atoms. The number of phenols is 2. The van der Waals surface area contributed by atoms with Crippen LogP contribution in [0.25, 0.3) is 11.1 Å². The lowest BCUT2D eigenvalue weighted by molar-refractivity contribution is 0.370. The molecule has 3 nitrogen and oxygen atoms in total. The number of hydrogen-bond donors (Lipinski definition) is 2. The van der Waals surface area contributed by atoms with Gasteiger partial charge in [0.1, 0.15) is 5.75 Å². The molecule has 2 rings (SSSR count). The number of rotatable bonds is 2. The predicted molar refractivity (Wildman–Crippen MR) is 61.8 cm³/mol. The third-order valence-corrected chi connectivity index (χ3v) is 2.38. The highest BCUT2D eigenvalue weighted by Gasteiger charge is 2.14. The van der Waals surface area contributed by atoms with Gasteiger partial charge in [-0.15, -0.1) is 0 Å². The Morgan fingerprint density at radius 1 is 0.875 bits per heavy atom. The fraction of sp³-hybridized carbons (Fsp3) is 0.0769. The molecule has 0 unspecified atom stereocenters. The van der Waals surface area contributed by atoms with Crippen molar-refractivity contribution in [1.82, 2.24) is 0 Å². The Bertz CT molecular complexity index is 492. The van der Waals surface area contributed by atoms with E-state index in [1.165, 1.54) is 19.2 Å². The van der Waals surface area contributed by atoms with Crippen molar-refractivity contribution in [2.45, 2.75) is 0 Å². The van der Waals surface area contributed by atoms with Gasteiger partial charge in [0.05, 0.1) is 12.7 Å². The fourth-order valence-corrected chi connectivity index (χ4v) is 1.65. The van der Waals surface area contributed by atoms with Crippen molar-refractivity contribution in [2.24, 2.45) is 0 Å². The molecular weight excluding hydrogens is 204 g/mol. The summed E-state index contributed by atoms with van der Waals surface area (Å²) in [6.07, 6.45) is 0. The zero-order chi connectivity index (χ0) is 11.5. The fourth-order valence-electron chi connectivity index (χ4n) is 1.65. The molecule has 0 atom stereocenters. The zero-order valence-electron chi connectivity index (χ0n) is 8.84. The molecule has 0 amide bonds. The van der Waals surface area contributed by atoms with Crippen LogP contribution < -0.4 is 4.74 Å². The largest absolute Gasteiger partial charge is 0.507 e. The summed E-state index contributed by atoms with van der Waals surface area (Å²) in [5.74, 6) is 0.381. The molecule has 0 aromatic heterocycles. The first-order chi connectivity index (χ1) is 7.74. The average Bonchev–Trinajstić information content (AvgIpc) is 2.33. The highest BCUT2D eigenvalue weighted by Crippen LogP contribution is 2.43. The second-order valence-corrected chi connectivity index (χ2v) is 3.38. The van der Waals surface area contributed by atoms with Gasteiger partial charge in [-0.05, 0) is 17.7 Å². The van der Waals surface area contributed by atoms with Gasteiger partial charge in [-0.1, -0.05) is 30.3 Å². The summed E-state index contributed by atoms with van der Waals surface area (Å²) in [6, 6.07) is 12.1. The lowest BCUT2D eigenvalue weighted by Crippen LogP contribution is -1.89. The van der Waals surface area contributed by atoms with Crippen molar-refractivity contribution >= 4 is 0 Å². The minimum atomic E-state index is 0.0131. The first-order valence-electron chi connectivity index (χ1n) is 4.88. The van der Waals surface area contributed by atoms with Gasteiger partial charge >= 0.3 is 0 Å². The molecular formula is C13H12O3. The summed E-state index contributed by atoms with van der Waals surface area (Å²) in [6.45, 7) is 0. The SMILES string of the molecule is COc1c(O)ccc(O)c1-c1ccccc1. The highest BCUT2D eigenvalue weighted by molar-refractivity contribution is 5.79. The van der Waals surface area contributed by atoms with Crippen LogP contribution in [-0.2, 0) is 0 Å². The lowest BCUT2D eigenvalue weighted by Gasteiger charge is -2.11. The molecule has 0 radical (unpaired) electrons. The van der Waals surface area contributed by atoms with E-state index in [1.54, 1.807) is 0 Å². The van der Waals surface area contributed by atoms with E-state index in [0.29, 0.717) is 5.56 Å². The lowest BCUT2D eigenvalue weighted by atomic mass is 10.0. The number of phenolic OH excluding ortho intramolecular Hbond substituents is 2. The standard InChI is InChI=1S/C13H12O3/c1-16-13-11(15)8-7-10(14)12(13)9-5-3-2-4-6-9/h2-8,14-15H,1H3. The van der Waals surface area contributed by atoms with Crippen molar-refractivity contribution in [1.29, 1.82) is 0 Å². The Hall–Kier alpha value is -2.16. The maximum absolute atomic E-state index is 9.81. The molecule has 3 heteroatoms. The normalized spacial score (nSPS) is 10.1. The summed E-state index contributed by atoms with van der Waals surface area (Å²) in [7, 11) is 1.46. The van der Waals surface area contributed by atoms with Crippen molar-refractivity contribution < 1.29 is 14.9 Å². The molecule has 0 aliphatic carbocycles. The molecule has 0 heterocycles. The van der Waals surface area contributed by atoms with E-state index in [0.717, 1.165) is 5.56 Å². The van der Waals surface area contributed by atoms with Crippen molar-refractivity contribution in [3.63, 3.8) is 0 Å². The van der Waals surface area contributed by atoms with Crippen molar-refractivity contribution in [3.8, 4) is 28.4 Å². The van der Waals surface area contributed by atoms with Crippen LogP contribution in [0.3, 0.4) is 0 Å². The summed E-state index contributed by atoms with van der Waals surface area (Å²) in [4.78, 5) is 0. The Morgan fingerprint density at radius 2 is 1.50 bits per heavy atom. The van der Waals surface area contributed by atoms with Gasteiger partial charge in [0.15, 0.2) is 11.5 Å². The van der Waals surface area contributed by atoms with E-state index >= 15 is 0 Å². The maximum atomic E-state index is 9.81. The van der Waals surface area contributed by atoms with E-state index in [1.807, 2.05) is 30.3 Å². The Labute approximate surface area is 93.6 Å².